The third-order valence-electron chi connectivity index (χ3n) is 4.54. The average molecular weight is 355 g/mol. The highest BCUT2D eigenvalue weighted by molar-refractivity contribution is 5.95. The number of amides is 1. The monoisotopic (exact) mass is 355 g/mol. The maximum Gasteiger partial charge on any atom is 0.336 e. The third kappa shape index (κ3) is 4.05. The van der Waals surface area contributed by atoms with Gasteiger partial charge in [0.25, 0.3) is 0 Å². The fourth-order valence-electron chi connectivity index (χ4n) is 3.23. The minimum atomic E-state index is -0.988. The number of likely N-dealkylation sites (tertiary alicyclic amines) is 1. The van der Waals surface area contributed by atoms with Crippen molar-refractivity contribution < 1.29 is 19.4 Å². The van der Waals surface area contributed by atoms with Crippen molar-refractivity contribution in [2.45, 2.75) is 12.8 Å². The molecule has 0 spiro atoms. The summed E-state index contributed by atoms with van der Waals surface area (Å²) in [4.78, 5) is 33.8. The van der Waals surface area contributed by atoms with Gasteiger partial charge in [-0.3, -0.25) is 14.8 Å². The fraction of sp³-hybridized carbons (Fsp3) is 0.368. The molecule has 7 heteroatoms. The molecule has 1 aliphatic heterocycles. The highest BCUT2D eigenvalue weighted by Gasteiger charge is 2.26. The molecule has 1 aromatic carbocycles. The Balaban J connectivity index is 1.66. The first-order valence-corrected chi connectivity index (χ1v) is 8.49. The van der Waals surface area contributed by atoms with Crippen LogP contribution in [-0.2, 0) is 16.0 Å². The van der Waals surface area contributed by atoms with E-state index in [0.29, 0.717) is 23.7 Å². The van der Waals surface area contributed by atoms with Crippen LogP contribution in [-0.4, -0.2) is 58.7 Å². The number of hydrogen-bond donors (Lipinski definition) is 1. The van der Waals surface area contributed by atoms with E-state index in [4.69, 9.17) is 4.74 Å². The number of carbonyl (C=O) groups is 2. The van der Waals surface area contributed by atoms with Crippen LogP contribution in [0.25, 0.3) is 11.3 Å². The third-order valence-corrected chi connectivity index (χ3v) is 4.54. The number of carboxylic acid groups (broad SMARTS) is 1. The second kappa shape index (κ2) is 8.05. The van der Waals surface area contributed by atoms with Gasteiger partial charge < -0.3 is 14.7 Å². The number of carboxylic acids is 1. The lowest BCUT2D eigenvalue weighted by Crippen LogP contribution is -2.31. The lowest BCUT2D eigenvalue weighted by molar-refractivity contribution is -0.134. The van der Waals surface area contributed by atoms with Crippen LogP contribution in [0.3, 0.4) is 0 Å². The van der Waals surface area contributed by atoms with Crippen molar-refractivity contribution in [3.63, 3.8) is 0 Å². The Labute approximate surface area is 151 Å². The molecule has 26 heavy (non-hydrogen) atoms. The van der Waals surface area contributed by atoms with Crippen molar-refractivity contribution in [3.8, 4) is 11.3 Å². The lowest BCUT2D eigenvalue weighted by atomic mass is 10.0. The molecule has 0 saturated carbocycles. The number of hydrogen-bond acceptors (Lipinski definition) is 5. The van der Waals surface area contributed by atoms with Gasteiger partial charge in [0.05, 0.1) is 23.1 Å². The van der Waals surface area contributed by atoms with Gasteiger partial charge in [0.1, 0.15) is 6.61 Å². The highest BCUT2D eigenvalue weighted by Crippen LogP contribution is 2.23. The average Bonchev–Trinajstić information content (AvgIpc) is 3.11. The smallest absolute Gasteiger partial charge is 0.336 e. The molecule has 1 N–H and O–H groups in total. The molecule has 1 amide bonds. The molecule has 1 aromatic heterocycles. The predicted molar refractivity (Wildman–Crippen MR) is 94.7 cm³/mol. The summed E-state index contributed by atoms with van der Waals surface area (Å²) in [6, 6.07) is 6.74. The van der Waals surface area contributed by atoms with Crippen molar-refractivity contribution in [2.75, 3.05) is 26.8 Å². The summed E-state index contributed by atoms with van der Waals surface area (Å²) in [7, 11) is 1.52. The first-order chi connectivity index (χ1) is 12.6. The van der Waals surface area contributed by atoms with E-state index in [1.165, 1.54) is 7.11 Å². The molecule has 1 fully saturated rings. The van der Waals surface area contributed by atoms with Crippen molar-refractivity contribution in [2.24, 2.45) is 5.92 Å². The molecule has 136 valence electrons. The standard InChI is InChI=1S/C19H21N3O4/c1-26-12-18(23)22-7-6-13(11-22)8-14-9-21-17(10-20-14)15-4-2-3-5-16(15)19(24)25/h2-5,9-10,13H,6-8,11-12H2,1H3,(H,24,25)/t13-/m1/s1. The first kappa shape index (κ1) is 18.0. The topological polar surface area (TPSA) is 92.6 Å². The molecule has 0 bridgehead atoms. The van der Waals surface area contributed by atoms with Gasteiger partial charge in [0.2, 0.25) is 5.91 Å². The number of nitrogens with zero attached hydrogens (tertiary/aromatic N) is 3. The van der Waals surface area contributed by atoms with E-state index in [-0.39, 0.29) is 18.1 Å². The van der Waals surface area contributed by atoms with Gasteiger partial charge in [0, 0.05) is 32.0 Å². The Morgan fingerprint density at radius 1 is 1.27 bits per heavy atom. The van der Waals surface area contributed by atoms with Crippen LogP contribution in [0.2, 0.25) is 0 Å². The lowest BCUT2D eigenvalue weighted by Gasteiger charge is -2.15. The van der Waals surface area contributed by atoms with E-state index in [0.717, 1.165) is 25.1 Å². The number of aromatic nitrogens is 2. The number of carbonyl (C=O) groups excluding carboxylic acids is 1. The summed E-state index contributed by atoms with van der Waals surface area (Å²) in [5, 5.41) is 9.29. The fourth-order valence-corrected chi connectivity index (χ4v) is 3.23. The van der Waals surface area contributed by atoms with Crippen LogP contribution in [0.5, 0.6) is 0 Å². The first-order valence-electron chi connectivity index (χ1n) is 8.49. The largest absolute Gasteiger partial charge is 0.478 e. The van der Waals surface area contributed by atoms with Gasteiger partial charge in [0.15, 0.2) is 0 Å². The molecule has 2 aromatic rings. The summed E-state index contributed by atoms with van der Waals surface area (Å²) in [5.74, 6) is -0.623. The van der Waals surface area contributed by atoms with Gasteiger partial charge in [-0.25, -0.2) is 4.79 Å². The summed E-state index contributed by atoms with van der Waals surface area (Å²) in [6.45, 7) is 1.56. The SMILES string of the molecule is COCC(=O)N1CC[C@H](Cc2cnc(-c3ccccc3C(=O)O)cn2)C1. The summed E-state index contributed by atoms with van der Waals surface area (Å²) < 4.78 is 4.90. The number of aromatic carboxylic acids is 1. The number of ether oxygens (including phenoxy) is 1. The molecule has 1 aliphatic rings. The summed E-state index contributed by atoms with van der Waals surface area (Å²) >= 11 is 0. The van der Waals surface area contributed by atoms with Gasteiger partial charge in [-0.1, -0.05) is 18.2 Å². The molecular formula is C19H21N3O4. The number of rotatable bonds is 6. The Kier molecular flexibility index (Phi) is 5.58. The van der Waals surface area contributed by atoms with Crippen molar-refractivity contribution >= 4 is 11.9 Å². The van der Waals surface area contributed by atoms with Gasteiger partial charge in [-0.2, -0.15) is 0 Å². The number of methoxy groups -OCH3 is 1. The zero-order valence-electron chi connectivity index (χ0n) is 14.6. The van der Waals surface area contributed by atoms with Gasteiger partial charge in [-0.05, 0) is 24.8 Å². The van der Waals surface area contributed by atoms with E-state index in [9.17, 15) is 14.7 Å². The zero-order chi connectivity index (χ0) is 18.5. The Morgan fingerprint density at radius 2 is 2.08 bits per heavy atom. The molecular weight excluding hydrogens is 334 g/mol. The summed E-state index contributed by atoms with van der Waals surface area (Å²) in [6.07, 6.45) is 4.97. The van der Waals surface area contributed by atoms with Crippen LogP contribution in [0.15, 0.2) is 36.7 Å². The highest BCUT2D eigenvalue weighted by atomic mass is 16.5. The Hall–Kier alpha value is -2.80. The Bertz CT molecular complexity index is 792. The molecule has 0 radical (unpaired) electrons. The van der Waals surface area contributed by atoms with Crippen molar-refractivity contribution in [1.29, 1.82) is 0 Å². The molecule has 7 nitrogen and oxygen atoms in total. The van der Waals surface area contributed by atoms with Gasteiger partial charge >= 0.3 is 5.97 Å². The van der Waals surface area contributed by atoms with E-state index in [1.54, 1.807) is 36.7 Å². The Morgan fingerprint density at radius 3 is 2.77 bits per heavy atom. The molecule has 0 unspecified atom stereocenters. The quantitative estimate of drug-likeness (QED) is 0.850. The molecule has 2 heterocycles. The minimum absolute atomic E-state index is 0.0155. The molecule has 1 atom stereocenters. The van der Waals surface area contributed by atoms with Crippen LogP contribution in [0.1, 0.15) is 22.5 Å². The van der Waals surface area contributed by atoms with E-state index in [1.807, 2.05) is 4.90 Å². The molecule has 0 aliphatic carbocycles. The number of benzene rings is 1. The maximum absolute atomic E-state index is 11.9. The minimum Gasteiger partial charge on any atom is -0.478 e. The van der Waals surface area contributed by atoms with E-state index >= 15 is 0 Å². The van der Waals surface area contributed by atoms with Crippen molar-refractivity contribution in [1.82, 2.24) is 14.9 Å². The molecule has 1 saturated heterocycles. The zero-order valence-corrected chi connectivity index (χ0v) is 14.6. The van der Waals surface area contributed by atoms with Crippen LogP contribution in [0, 0.1) is 5.92 Å². The normalized spacial score (nSPS) is 16.7. The van der Waals surface area contributed by atoms with Crippen LogP contribution >= 0.6 is 0 Å². The van der Waals surface area contributed by atoms with E-state index in [2.05, 4.69) is 9.97 Å². The maximum atomic E-state index is 11.9. The predicted octanol–water partition coefficient (Wildman–Crippen LogP) is 1.88. The van der Waals surface area contributed by atoms with Crippen LogP contribution in [0.4, 0.5) is 0 Å². The summed E-state index contributed by atoms with van der Waals surface area (Å²) in [5.41, 5.74) is 2.14. The second-order valence-corrected chi connectivity index (χ2v) is 6.38. The van der Waals surface area contributed by atoms with E-state index < -0.39 is 5.97 Å². The van der Waals surface area contributed by atoms with Crippen molar-refractivity contribution in [3.05, 3.63) is 47.9 Å². The second-order valence-electron chi connectivity index (χ2n) is 6.38. The van der Waals surface area contributed by atoms with Gasteiger partial charge in [-0.15, -0.1) is 0 Å². The molecule has 3 rings (SSSR count). The van der Waals surface area contributed by atoms with Crippen LogP contribution < -0.4 is 0 Å².